The predicted molar refractivity (Wildman–Crippen MR) is 81.9 cm³/mol. The number of nitrogens with one attached hydrogen (secondary N) is 1. The zero-order valence-electron chi connectivity index (χ0n) is 11.8. The molecule has 6 nitrogen and oxygen atoms in total. The molecule has 1 aliphatic rings. The van der Waals surface area contributed by atoms with Gasteiger partial charge in [0.25, 0.3) is 5.56 Å². The van der Waals surface area contributed by atoms with Gasteiger partial charge < -0.3 is 15.8 Å². The van der Waals surface area contributed by atoms with Crippen molar-refractivity contribution in [3.8, 4) is 0 Å². The highest BCUT2D eigenvalue weighted by Gasteiger charge is 2.39. The first kappa shape index (κ1) is 15.5. The van der Waals surface area contributed by atoms with Gasteiger partial charge in [0, 0.05) is 19.2 Å². The largest absolute Gasteiger partial charge is 0.376 e. The van der Waals surface area contributed by atoms with Crippen LogP contribution < -0.4 is 16.6 Å². The molecule has 1 fully saturated rings. The fourth-order valence-electron chi connectivity index (χ4n) is 2.34. The van der Waals surface area contributed by atoms with E-state index in [4.69, 9.17) is 10.5 Å². The van der Waals surface area contributed by atoms with Crippen molar-refractivity contribution in [1.29, 1.82) is 0 Å². The number of rotatable bonds is 6. The van der Waals surface area contributed by atoms with E-state index >= 15 is 0 Å². The lowest BCUT2D eigenvalue weighted by molar-refractivity contribution is -0.0126. The molecule has 2 rings (SSSR count). The van der Waals surface area contributed by atoms with E-state index in [0.29, 0.717) is 23.3 Å². The van der Waals surface area contributed by atoms with E-state index < -0.39 is 0 Å². The molecule has 0 spiro atoms. The van der Waals surface area contributed by atoms with Gasteiger partial charge in [-0.05, 0) is 35.7 Å². The highest BCUT2D eigenvalue weighted by atomic mass is 79.9. The molecule has 1 aliphatic carbocycles. The maximum atomic E-state index is 12.1. The Morgan fingerprint density at radius 3 is 2.95 bits per heavy atom. The molecule has 112 valence electrons. The van der Waals surface area contributed by atoms with Gasteiger partial charge >= 0.3 is 0 Å². The lowest BCUT2D eigenvalue weighted by Crippen LogP contribution is -2.60. The van der Waals surface area contributed by atoms with E-state index in [2.05, 4.69) is 26.3 Å². The summed E-state index contributed by atoms with van der Waals surface area (Å²) in [4.78, 5) is 12.1. The molecule has 1 saturated carbocycles. The van der Waals surface area contributed by atoms with E-state index in [1.54, 1.807) is 6.20 Å². The molecule has 0 saturated heterocycles. The van der Waals surface area contributed by atoms with Crippen molar-refractivity contribution in [2.45, 2.75) is 51.4 Å². The second-order valence-electron chi connectivity index (χ2n) is 4.96. The second-order valence-corrected chi connectivity index (χ2v) is 5.76. The normalized spacial score (nSPS) is 25.3. The van der Waals surface area contributed by atoms with E-state index in [9.17, 15) is 4.79 Å². The molecular formula is C13H21BrN4O2. The summed E-state index contributed by atoms with van der Waals surface area (Å²) in [5.41, 5.74) is 6.54. The number of aromatic nitrogens is 2. The minimum Gasteiger partial charge on any atom is -0.376 e. The van der Waals surface area contributed by atoms with Gasteiger partial charge in [-0.3, -0.25) is 4.79 Å². The quantitative estimate of drug-likeness (QED) is 0.813. The molecule has 3 unspecified atom stereocenters. The van der Waals surface area contributed by atoms with Crippen molar-refractivity contribution in [2.24, 2.45) is 5.73 Å². The van der Waals surface area contributed by atoms with Crippen LogP contribution in [-0.4, -0.2) is 34.6 Å². The first-order chi connectivity index (χ1) is 9.58. The number of nitrogens with zero attached hydrogens (tertiary/aromatic N) is 2. The predicted octanol–water partition coefficient (Wildman–Crippen LogP) is 1.33. The molecule has 3 N–H and O–H groups in total. The second kappa shape index (κ2) is 6.69. The summed E-state index contributed by atoms with van der Waals surface area (Å²) in [5.74, 6) is 0. The minimum absolute atomic E-state index is 0.0227. The van der Waals surface area contributed by atoms with Crippen molar-refractivity contribution in [1.82, 2.24) is 9.78 Å². The maximum absolute atomic E-state index is 12.1. The summed E-state index contributed by atoms with van der Waals surface area (Å²) >= 11 is 3.34. The molecular weight excluding hydrogens is 324 g/mol. The minimum atomic E-state index is -0.127. The number of aryl methyl sites for hydroxylation is 1. The fraction of sp³-hybridized carbons (Fsp3) is 0.692. The van der Waals surface area contributed by atoms with Gasteiger partial charge in [0.1, 0.15) is 4.47 Å². The van der Waals surface area contributed by atoms with Gasteiger partial charge in [0.05, 0.1) is 24.0 Å². The Hall–Kier alpha value is -0.920. The smallest absolute Gasteiger partial charge is 0.283 e. The van der Waals surface area contributed by atoms with Crippen molar-refractivity contribution in [2.75, 3.05) is 11.9 Å². The third-order valence-electron chi connectivity index (χ3n) is 3.49. The molecule has 1 aromatic heterocycles. The zero-order valence-corrected chi connectivity index (χ0v) is 13.4. The number of halogens is 1. The van der Waals surface area contributed by atoms with Crippen LogP contribution in [0.4, 0.5) is 5.69 Å². The number of nitrogens with two attached hydrogens (primary N) is 1. The van der Waals surface area contributed by atoms with E-state index in [1.165, 1.54) is 4.68 Å². The van der Waals surface area contributed by atoms with Gasteiger partial charge in [-0.15, -0.1) is 0 Å². The van der Waals surface area contributed by atoms with Gasteiger partial charge in [-0.25, -0.2) is 4.68 Å². The van der Waals surface area contributed by atoms with Crippen LogP contribution in [0.15, 0.2) is 15.5 Å². The Balaban J connectivity index is 2.14. The first-order valence-electron chi connectivity index (χ1n) is 6.97. The maximum Gasteiger partial charge on any atom is 0.283 e. The molecule has 3 atom stereocenters. The van der Waals surface area contributed by atoms with Gasteiger partial charge in [0.15, 0.2) is 0 Å². The summed E-state index contributed by atoms with van der Waals surface area (Å²) in [7, 11) is 0. The summed E-state index contributed by atoms with van der Waals surface area (Å²) in [6.07, 6.45) is 3.46. The molecule has 0 amide bonds. The van der Waals surface area contributed by atoms with Crippen molar-refractivity contribution in [3.05, 3.63) is 21.0 Å². The van der Waals surface area contributed by atoms with Crippen LogP contribution in [0.1, 0.15) is 26.7 Å². The summed E-state index contributed by atoms with van der Waals surface area (Å²) in [5, 5.41) is 7.44. The highest BCUT2D eigenvalue weighted by molar-refractivity contribution is 9.10. The molecule has 0 radical (unpaired) electrons. The summed E-state index contributed by atoms with van der Waals surface area (Å²) in [6, 6.07) is 0.0611. The number of anilines is 1. The third-order valence-corrected chi connectivity index (χ3v) is 4.26. The third kappa shape index (κ3) is 3.05. The van der Waals surface area contributed by atoms with Gasteiger partial charge in [0.2, 0.25) is 0 Å². The summed E-state index contributed by atoms with van der Waals surface area (Å²) in [6.45, 7) is 5.24. The van der Waals surface area contributed by atoms with Gasteiger partial charge in [-0.1, -0.05) is 6.92 Å². The van der Waals surface area contributed by atoms with Crippen LogP contribution >= 0.6 is 15.9 Å². The summed E-state index contributed by atoms with van der Waals surface area (Å²) < 4.78 is 7.55. The van der Waals surface area contributed by atoms with Gasteiger partial charge in [-0.2, -0.15) is 5.10 Å². The fourth-order valence-corrected chi connectivity index (χ4v) is 2.76. The van der Waals surface area contributed by atoms with E-state index in [0.717, 1.165) is 12.8 Å². The molecule has 0 bridgehead atoms. The number of ether oxygens (including phenoxy) is 1. The van der Waals surface area contributed by atoms with E-state index in [-0.39, 0.29) is 23.7 Å². The van der Waals surface area contributed by atoms with Crippen molar-refractivity contribution < 1.29 is 4.74 Å². The Morgan fingerprint density at radius 2 is 2.35 bits per heavy atom. The van der Waals surface area contributed by atoms with Crippen LogP contribution in [0, 0.1) is 0 Å². The lowest BCUT2D eigenvalue weighted by atomic mass is 9.83. The van der Waals surface area contributed by atoms with Crippen molar-refractivity contribution >= 4 is 21.6 Å². The number of hydrogen-bond donors (Lipinski definition) is 2. The average molecular weight is 345 g/mol. The Bertz CT molecular complexity index is 518. The molecule has 7 heteroatoms. The first-order valence-corrected chi connectivity index (χ1v) is 7.77. The zero-order chi connectivity index (χ0) is 14.7. The van der Waals surface area contributed by atoms with E-state index in [1.807, 2.05) is 13.8 Å². The monoisotopic (exact) mass is 344 g/mol. The molecule has 0 aromatic carbocycles. The number of hydrogen-bond acceptors (Lipinski definition) is 5. The SMILES string of the molecule is CCCn1ncc(NC2C(N)CC2OCC)c(Br)c1=O. The molecule has 1 heterocycles. The highest BCUT2D eigenvalue weighted by Crippen LogP contribution is 2.28. The lowest BCUT2D eigenvalue weighted by Gasteiger charge is -2.43. The molecule has 1 aromatic rings. The Morgan fingerprint density at radius 1 is 1.60 bits per heavy atom. The van der Waals surface area contributed by atoms with Crippen LogP contribution in [0.3, 0.4) is 0 Å². The standard InChI is InChI=1S/C13H21BrN4O2/c1-3-5-18-13(19)11(14)9(7-16-18)17-12-8(15)6-10(12)20-4-2/h7-8,10,12,17H,3-6,15H2,1-2H3. The Kier molecular flexibility index (Phi) is 5.17. The molecule has 20 heavy (non-hydrogen) atoms. The van der Waals surface area contributed by atoms with Crippen LogP contribution in [0.2, 0.25) is 0 Å². The topological polar surface area (TPSA) is 82.2 Å². The van der Waals surface area contributed by atoms with Crippen LogP contribution in [-0.2, 0) is 11.3 Å². The molecule has 0 aliphatic heterocycles. The average Bonchev–Trinajstić information content (AvgIpc) is 2.43. The van der Waals surface area contributed by atoms with Crippen LogP contribution in [0.5, 0.6) is 0 Å². The Labute approximate surface area is 126 Å². The van der Waals surface area contributed by atoms with Crippen molar-refractivity contribution in [3.63, 3.8) is 0 Å². The van der Waals surface area contributed by atoms with Crippen LogP contribution in [0.25, 0.3) is 0 Å².